The van der Waals surface area contributed by atoms with E-state index in [4.69, 9.17) is 4.74 Å². The number of anilines is 1. The summed E-state index contributed by atoms with van der Waals surface area (Å²) < 4.78 is 6.00. The van der Waals surface area contributed by atoms with Gasteiger partial charge in [0.2, 0.25) is 5.91 Å². The third kappa shape index (κ3) is 4.74. The van der Waals surface area contributed by atoms with Crippen molar-refractivity contribution in [2.45, 2.75) is 25.9 Å². The van der Waals surface area contributed by atoms with Gasteiger partial charge in [-0.2, -0.15) is 5.10 Å². The predicted molar refractivity (Wildman–Crippen MR) is 107 cm³/mol. The summed E-state index contributed by atoms with van der Waals surface area (Å²) in [6, 6.07) is 16.5. The zero-order chi connectivity index (χ0) is 19.2. The number of amides is 1. The highest BCUT2D eigenvalue weighted by Crippen LogP contribution is 2.25. The number of esters is 1. The first-order valence-electron chi connectivity index (χ1n) is 8.69. The molecule has 0 spiro atoms. The quantitative estimate of drug-likeness (QED) is 0.715. The van der Waals surface area contributed by atoms with E-state index >= 15 is 0 Å². The number of benzene rings is 2. The molecule has 1 unspecified atom stereocenters. The number of nitrogens with zero attached hydrogens (tertiary/aromatic N) is 2. The van der Waals surface area contributed by atoms with E-state index in [1.54, 1.807) is 11.9 Å². The number of carbonyl (C=O) groups excluding carboxylic acids is 2. The van der Waals surface area contributed by atoms with Crippen LogP contribution in [0.2, 0.25) is 0 Å². The van der Waals surface area contributed by atoms with Crippen LogP contribution < -0.4 is 10.3 Å². The number of para-hydroxylation sites is 1. The van der Waals surface area contributed by atoms with E-state index in [2.05, 4.69) is 26.3 Å². The van der Waals surface area contributed by atoms with Crippen LogP contribution >= 0.6 is 15.9 Å². The van der Waals surface area contributed by atoms with Gasteiger partial charge in [0.25, 0.3) is 0 Å². The fraction of sp³-hybridized carbons (Fsp3) is 0.250. The van der Waals surface area contributed by atoms with Crippen molar-refractivity contribution in [2.24, 2.45) is 5.10 Å². The number of ether oxygens (including phenoxy) is 1. The largest absolute Gasteiger partial charge is 0.461 e. The maximum Gasteiger partial charge on any atom is 0.354 e. The summed E-state index contributed by atoms with van der Waals surface area (Å²) >= 11 is 3.42. The molecule has 1 N–H and O–H groups in total. The average Bonchev–Trinajstić information content (AvgIpc) is 3.13. The van der Waals surface area contributed by atoms with Crippen molar-refractivity contribution in [3.05, 3.63) is 64.6 Å². The zero-order valence-corrected chi connectivity index (χ0v) is 16.5. The van der Waals surface area contributed by atoms with E-state index in [1.165, 1.54) is 0 Å². The SMILES string of the molecule is CCOC(=O)C1=NN(c2ccccc2)C(C(=O)NCc2cccc(Br)c2)C1. The summed E-state index contributed by atoms with van der Waals surface area (Å²) in [5, 5.41) is 8.87. The van der Waals surface area contributed by atoms with Crippen molar-refractivity contribution in [1.82, 2.24) is 5.32 Å². The number of nitrogens with one attached hydrogen (secondary N) is 1. The average molecular weight is 430 g/mol. The van der Waals surface area contributed by atoms with Gasteiger partial charge in [-0.05, 0) is 36.8 Å². The Hall–Kier alpha value is -2.67. The molecule has 1 aliphatic rings. The Balaban J connectivity index is 1.75. The Morgan fingerprint density at radius 3 is 2.70 bits per heavy atom. The predicted octanol–water partition coefficient (Wildman–Crippen LogP) is 3.26. The lowest BCUT2D eigenvalue weighted by atomic mass is 10.1. The van der Waals surface area contributed by atoms with Crippen LogP contribution in [0.5, 0.6) is 0 Å². The zero-order valence-electron chi connectivity index (χ0n) is 14.9. The molecular weight excluding hydrogens is 410 g/mol. The number of hydrogen-bond donors (Lipinski definition) is 1. The minimum absolute atomic E-state index is 0.193. The van der Waals surface area contributed by atoms with Gasteiger partial charge in [-0.1, -0.05) is 46.3 Å². The molecule has 2 aromatic carbocycles. The lowest BCUT2D eigenvalue weighted by Gasteiger charge is -2.22. The van der Waals surface area contributed by atoms with Crippen LogP contribution in [0.25, 0.3) is 0 Å². The van der Waals surface area contributed by atoms with E-state index in [0.717, 1.165) is 15.7 Å². The molecule has 7 heteroatoms. The van der Waals surface area contributed by atoms with E-state index in [9.17, 15) is 9.59 Å². The number of hydrazone groups is 1. The summed E-state index contributed by atoms with van der Waals surface area (Å²) in [6.45, 7) is 2.40. The normalized spacial score (nSPS) is 16.0. The summed E-state index contributed by atoms with van der Waals surface area (Å²) in [6.07, 6.45) is 0.206. The molecule has 0 radical (unpaired) electrons. The molecule has 0 saturated carbocycles. The summed E-state index contributed by atoms with van der Waals surface area (Å²) in [5.74, 6) is -0.678. The van der Waals surface area contributed by atoms with Crippen LogP contribution in [-0.2, 0) is 20.9 Å². The number of rotatable bonds is 6. The molecule has 27 heavy (non-hydrogen) atoms. The van der Waals surface area contributed by atoms with Crippen molar-refractivity contribution in [3.63, 3.8) is 0 Å². The Labute approximate surface area is 166 Å². The van der Waals surface area contributed by atoms with Crippen LogP contribution in [-0.4, -0.2) is 30.2 Å². The number of hydrogen-bond acceptors (Lipinski definition) is 5. The van der Waals surface area contributed by atoms with E-state index < -0.39 is 12.0 Å². The van der Waals surface area contributed by atoms with Crippen molar-refractivity contribution in [2.75, 3.05) is 11.6 Å². The maximum absolute atomic E-state index is 12.8. The molecule has 0 aliphatic carbocycles. The molecule has 0 fully saturated rings. The summed E-state index contributed by atoms with van der Waals surface area (Å²) in [7, 11) is 0. The molecule has 1 amide bonds. The van der Waals surface area contributed by atoms with E-state index in [0.29, 0.717) is 6.54 Å². The molecule has 0 aromatic heterocycles. The van der Waals surface area contributed by atoms with Crippen molar-refractivity contribution in [3.8, 4) is 0 Å². The number of carbonyl (C=O) groups is 2. The lowest BCUT2D eigenvalue weighted by Crippen LogP contribution is -2.42. The first-order valence-corrected chi connectivity index (χ1v) is 9.49. The molecule has 3 rings (SSSR count). The fourth-order valence-corrected chi connectivity index (χ4v) is 3.27. The molecule has 1 atom stereocenters. The summed E-state index contributed by atoms with van der Waals surface area (Å²) in [4.78, 5) is 24.9. The standard InChI is InChI=1S/C20H20BrN3O3/c1-2-27-20(26)17-12-18(24(23-17)16-9-4-3-5-10-16)19(25)22-13-14-7-6-8-15(21)11-14/h3-11,18H,2,12-13H2,1H3,(H,22,25). The van der Waals surface area contributed by atoms with Gasteiger partial charge in [-0.25, -0.2) is 4.79 Å². The van der Waals surface area contributed by atoms with Gasteiger partial charge in [0.05, 0.1) is 12.3 Å². The van der Waals surface area contributed by atoms with Crippen LogP contribution in [0.15, 0.2) is 64.2 Å². The van der Waals surface area contributed by atoms with Gasteiger partial charge in [0.15, 0.2) is 0 Å². The second-order valence-corrected chi connectivity index (χ2v) is 6.93. The highest BCUT2D eigenvalue weighted by atomic mass is 79.9. The third-order valence-electron chi connectivity index (χ3n) is 4.10. The minimum atomic E-state index is -0.598. The van der Waals surface area contributed by atoms with Gasteiger partial charge >= 0.3 is 5.97 Å². The van der Waals surface area contributed by atoms with Crippen LogP contribution in [0, 0.1) is 0 Å². The van der Waals surface area contributed by atoms with Gasteiger partial charge in [0.1, 0.15) is 11.8 Å². The molecule has 0 saturated heterocycles. The van der Waals surface area contributed by atoms with Gasteiger partial charge in [0, 0.05) is 17.4 Å². The first-order chi connectivity index (χ1) is 13.1. The smallest absolute Gasteiger partial charge is 0.354 e. The van der Waals surface area contributed by atoms with E-state index in [-0.39, 0.29) is 24.6 Å². The molecular formula is C20H20BrN3O3. The van der Waals surface area contributed by atoms with E-state index in [1.807, 2.05) is 54.6 Å². The molecule has 1 aliphatic heterocycles. The molecule has 0 bridgehead atoms. The fourth-order valence-electron chi connectivity index (χ4n) is 2.82. The highest BCUT2D eigenvalue weighted by molar-refractivity contribution is 9.10. The molecule has 140 valence electrons. The molecule has 1 heterocycles. The van der Waals surface area contributed by atoms with Crippen molar-refractivity contribution < 1.29 is 14.3 Å². The Kier molecular flexibility index (Phi) is 6.24. The monoisotopic (exact) mass is 429 g/mol. The Morgan fingerprint density at radius 2 is 2.00 bits per heavy atom. The van der Waals surface area contributed by atoms with Crippen molar-refractivity contribution >= 4 is 39.2 Å². The van der Waals surface area contributed by atoms with Crippen LogP contribution in [0.1, 0.15) is 18.9 Å². The summed E-state index contributed by atoms with van der Waals surface area (Å²) in [5.41, 5.74) is 1.98. The first kappa shape index (κ1) is 19.1. The second kappa shape index (κ2) is 8.81. The third-order valence-corrected chi connectivity index (χ3v) is 4.59. The second-order valence-electron chi connectivity index (χ2n) is 6.01. The Bertz CT molecular complexity index is 855. The minimum Gasteiger partial charge on any atom is -0.461 e. The Morgan fingerprint density at radius 1 is 1.22 bits per heavy atom. The van der Waals surface area contributed by atoms with Crippen LogP contribution in [0.4, 0.5) is 5.69 Å². The van der Waals surface area contributed by atoms with Crippen molar-refractivity contribution in [1.29, 1.82) is 0 Å². The highest BCUT2D eigenvalue weighted by Gasteiger charge is 2.36. The topological polar surface area (TPSA) is 71.0 Å². The lowest BCUT2D eigenvalue weighted by molar-refractivity contribution is -0.135. The van der Waals surface area contributed by atoms with Gasteiger partial charge < -0.3 is 10.1 Å². The van der Waals surface area contributed by atoms with Gasteiger partial charge in [-0.15, -0.1) is 0 Å². The molecule has 2 aromatic rings. The number of halogens is 1. The maximum atomic E-state index is 12.8. The van der Waals surface area contributed by atoms with Gasteiger partial charge in [-0.3, -0.25) is 9.80 Å². The van der Waals surface area contributed by atoms with Crippen LogP contribution in [0.3, 0.4) is 0 Å². The molecule has 6 nitrogen and oxygen atoms in total.